The Morgan fingerprint density at radius 3 is 2.83 bits per heavy atom. The van der Waals surface area contributed by atoms with E-state index in [0.29, 0.717) is 12.5 Å². The Bertz CT molecular complexity index is 429. The summed E-state index contributed by atoms with van der Waals surface area (Å²) in [6.45, 7) is 0.792. The quantitative estimate of drug-likeness (QED) is 0.547. The van der Waals surface area contributed by atoms with Crippen molar-refractivity contribution in [2.45, 2.75) is 88.3 Å². The predicted molar refractivity (Wildman–Crippen MR) is 85.2 cm³/mol. The second-order valence-corrected chi connectivity index (χ2v) is 6.97. The molecule has 5 nitrogen and oxygen atoms in total. The number of carboxylic acid groups (broad SMARTS) is 1. The zero-order valence-corrected chi connectivity index (χ0v) is 13.7. The molecular formula is C18H28O5. The lowest BCUT2D eigenvalue weighted by Gasteiger charge is -2.39. The molecule has 3 aliphatic heterocycles. The summed E-state index contributed by atoms with van der Waals surface area (Å²) < 4.78 is 18.2. The first-order valence-corrected chi connectivity index (χ1v) is 9.00. The van der Waals surface area contributed by atoms with Gasteiger partial charge in [-0.05, 0) is 51.4 Å². The number of allylic oxidation sites excluding steroid dienone is 1. The van der Waals surface area contributed by atoms with Crippen molar-refractivity contribution in [1.82, 2.24) is 0 Å². The Labute approximate surface area is 138 Å². The predicted octanol–water partition coefficient (Wildman–Crippen LogP) is 3.42. The number of ether oxygens (including phenoxy) is 3. The molecule has 0 radical (unpaired) electrons. The Hall–Kier alpha value is -0.910. The SMILES string of the molecule is O=C(O)CCCC=CC[C@]1(OC2CCCCO2)C[C@@H]2CC[C@H]1O2. The fourth-order valence-corrected chi connectivity index (χ4v) is 3.98. The molecule has 5 heteroatoms. The average molecular weight is 324 g/mol. The normalized spacial score (nSPS) is 36.8. The minimum atomic E-state index is -0.728. The highest BCUT2D eigenvalue weighted by atomic mass is 16.7. The van der Waals surface area contributed by atoms with Crippen molar-refractivity contribution in [2.75, 3.05) is 6.61 Å². The van der Waals surface area contributed by atoms with E-state index in [2.05, 4.69) is 12.2 Å². The van der Waals surface area contributed by atoms with Crippen molar-refractivity contribution in [3.05, 3.63) is 12.2 Å². The molecule has 1 N–H and O–H groups in total. The van der Waals surface area contributed by atoms with Crippen molar-refractivity contribution in [2.24, 2.45) is 0 Å². The molecule has 3 rings (SSSR count). The fourth-order valence-electron chi connectivity index (χ4n) is 3.98. The number of unbranched alkanes of at least 4 members (excludes halogenated alkanes) is 1. The molecule has 0 aromatic rings. The molecule has 2 bridgehead atoms. The van der Waals surface area contributed by atoms with Gasteiger partial charge in [0.1, 0.15) is 5.60 Å². The van der Waals surface area contributed by atoms with Gasteiger partial charge in [-0.15, -0.1) is 0 Å². The summed E-state index contributed by atoms with van der Waals surface area (Å²) in [5.74, 6) is -0.728. The van der Waals surface area contributed by atoms with Crippen LogP contribution in [0.5, 0.6) is 0 Å². The zero-order valence-electron chi connectivity index (χ0n) is 13.7. The number of hydrogen-bond acceptors (Lipinski definition) is 4. The third-order valence-corrected chi connectivity index (χ3v) is 5.16. The Balaban J connectivity index is 1.53. The molecule has 3 saturated heterocycles. The molecule has 0 saturated carbocycles. The summed E-state index contributed by atoms with van der Waals surface area (Å²) in [6.07, 6.45) is 13.7. The minimum absolute atomic E-state index is 0.0906. The number of rotatable bonds is 8. The second kappa shape index (κ2) is 7.77. The molecule has 0 amide bonds. The Morgan fingerprint density at radius 1 is 1.26 bits per heavy atom. The maximum absolute atomic E-state index is 10.5. The van der Waals surface area contributed by atoms with Gasteiger partial charge in [-0.25, -0.2) is 0 Å². The number of carbonyl (C=O) groups is 1. The second-order valence-electron chi connectivity index (χ2n) is 6.97. The molecule has 0 spiro atoms. The van der Waals surface area contributed by atoms with Crippen LogP contribution >= 0.6 is 0 Å². The Kier molecular flexibility index (Phi) is 5.72. The van der Waals surface area contributed by atoms with Crippen LogP contribution in [0.2, 0.25) is 0 Å². The number of fused-ring (bicyclic) bond motifs is 2. The highest BCUT2D eigenvalue weighted by Crippen LogP contribution is 2.47. The van der Waals surface area contributed by atoms with Gasteiger partial charge in [0.15, 0.2) is 6.29 Å². The van der Waals surface area contributed by atoms with Crippen LogP contribution in [0.25, 0.3) is 0 Å². The minimum Gasteiger partial charge on any atom is -0.481 e. The summed E-state index contributed by atoms with van der Waals surface area (Å²) in [5, 5.41) is 8.66. The van der Waals surface area contributed by atoms with Gasteiger partial charge >= 0.3 is 5.97 Å². The molecule has 0 aromatic carbocycles. The van der Waals surface area contributed by atoms with E-state index in [0.717, 1.165) is 51.6 Å². The van der Waals surface area contributed by atoms with E-state index >= 15 is 0 Å². The summed E-state index contributed by atoms with van der Waals surface area (Å²) in [6, 6.07) is 0. The maximum Gasteiger partial charge on any atom is 0.303 e. The topological polar surface area (TPSA) is 65.0 Å². The third-order valence-electron chi connectivity index (χ3n) is 5.16. The van der Waals surface area contributed by atoms with Crippen LogP contribution < -0.4 is 0 Å². The standard InChI is InChI=1S/C18H28O5/c19-16(20)7-3-1-2-5-11-18(13-14-9-10-15(18)22-14)23-17-8-4-6-12-21-17/h2,5,14-15,17H,1,3-4,6-13H2,(H,19,20)/t14-,15+,17?,18-/m0/s1. The monoisotopic (exact) mass is 324 g/mol. The molecule has 23 heavy (non-hydrogen) atoms. The van der Waals surface area contributed by atoms with Crippen LogP contribution in [0.15, 0.2) is 12.2 Å². The van der Waals surface area contributed by atoms with E-state index in [1.165, 1.54) is 6.42 Å². The first kappa shape index (κ1) is 16.9. The van der Waals surface area contributed by atoms with Gasteiger partial charge in [0.25, 0.3) is 0 Å². The molecule has 130 valence electrons. The van der Waals surface area contributed by atoms with E-state index in [1.807, 2.05) is 0 Å². The van der Waals surface area contributed by atoms with Crippen molar-refractivity contribution in [1.29, 1.82) is 0 Å². The number of hydrogen-bond donors (Lipinski definition) is 1. The molecule has 3 heterocycles. The summed E-state index contributed by atoms with van der Waals surface area (Å²) in [5.41, 5.74) is -0.242. The molecule has 1 unspecified atom stereocenters. The van der Waals surface area contributed by atoms with E-state index in [9.17, 15) is 4.79 Å². The van der Waals surface area contributed by atoms with Crippen LogP contribution in [-0.4, -0.2) is 41.8 Å². The van der Waals surface area contributed by atoms with Crippen LogP contribution in [-0.2, 0) is 19.0 Å². The smallest absolute Gasteiger partial charge is 0.303 e. The van der Waals surface area contributed by atoms with Crippen LogP contribution in [0.4, 0.5) is 0 Å². The lowest BCUT2D eigenvalue weighted by molar-refractivity contribution is -0.236. The highest BCUT2D eigenvalue weighted by Gasteiger charge is 2.53. The maximum atomic E-state index is 10.5. The summed E-state index contributed by atoms with van der Waals surface area (Å²) >= 11 is 0. The largest absolute Gasteiger partial charge is 0.481 e. The van der Waals surface area contributed by atoms with Crippen molar-refractivity contribution >= 4 is 5.97 Å². The average Bonchev–Trinajstić information content (AvgIpc) is 3.12. The highest BCUT2D eigenvalue weighted by molar-refractivity contribution is 5.66. The molecule has 0 aromatic heterocycles. The molecule has 3 fully saturated rings. The number of aliphatic carboxylic acids is 1. The first-order valence-electron chi connectivity index (χ1n) is 9.00. The van der Waals surface area contributed by atoms with Crippen LogP contribution in [0.1, 0.15) is 64.2 Å². The molecule has 4 atom stereocenters. The zero-order chi connectivity index (χ0) is 16.1. The van der Waals surface area contributed by atoms with Gasteiger partial charge in [-0.1, -0.05) is 12.2 Å². The van der Waals surface area contributed by atoms with E-state index < -0.39 is 5.97 Å². The van der Waals surface area contributed by atoms with Crippen molar-refractivity contribution in [3.8, 4) is 0 Å². The van der Waals surface area contributed by atoms with Crippen LogP contribution in [0.3, 0.4) is 0 Å². The van der Waals surface area contributed by atoms with E-state index in [4.69, 9.17) is 19.3 Å². The van der Waals surface area contributed by atoms with Gasteiger partial charge in [0.2, 0.25) is 0 Å². The van der Waals surface area contributed by atoms with E-state index in [1.54, 1.807) is 0 Å². The molecule has 3 aliphatic rings. The van der Waals surface area contributed by atoms with Crippen LogP contribution in [0, 0.1) is 0 Å². The van der Waals surface area contributed by atoms with Gasteiger partial charge in [-0.3, -0.25) is 4.79 Å². The van der Waals surface area contributed by atoms with Gasteiger partial charge in [0, 0.05) is 19.4 Å². The summed E-state index contributed by atoms with van der Waals surface area (Å²) in [7, 11) is 0. The van der Waals surface area contributed by atoms with Crippen molar-refractivity contribution < 1.29 is 24.1 Å². The molecule has 0 aliphatic carbocycles. The molecular weight excluding hydrogens is 296 g/mol. The first-order chi connectivity index (χ1) is 11.2. The lowest BCUT2D eigenvalue weighted by atomic mass is 9.81. The van der Waals surface area contributed by atoms with Gasteiger partial charge in [-0.2, -0.15) is 0 Å². The van der Waals surface area contributed by atoms with Gasteiger partial charge < -0.3 is 19.3 Å². The number of carboxylic acids is 1. The fraction of sp³-hybridized carbons (Fsp3) is 0.833. The Morgan fingerprint density at radius 2 is 2.17 bits per heavy atom. The summed E-state index contributed by atoms with van der Waals surface area (Å²) in [4.78, 5) is 10.5. The lowest BCUT2D eigenvalue weighted by Crippen LogP contribution is -2.46. The van der Waals surface area contributed by atoms with E-state index in [-0.39, 0.29) is 24.4 Å². The van der Waals surface area contributed by atoms with Gasteiger partial charge in [0.05, 0.1) is 12.2 Å². The van der Waals surface area contributed by atoms with Crippen molar-refractivity contribution in [3.63, 3.8) is 0 Å². The third kappa shape index (κ3) is 4.34.